The lowest BCUT2D eigenvalue weighted by Gasteiger charge is -2.27. The van der Waals surface area contributed by atoms with Crippen LogP contribution in [0.25, 0.3) is 0 Å². The minimum Gasteiger partial charge on any atom is -0.372 e. The first-order chi connectivity index (χ1) is 6.18. The molecule has 1 heterocycles. The van der Waals surface area contributed by atoms with Gasteiger partial charge in [-0.15, -0.1) is 0 Å². The van der Waals surface area contributed by atoms with Gasteiger partial charge in [-0.3, -0.25) is 0 Å². The summed E-state index contributed by atoms with van der Waals surface area (Å²) in [6.07, 6.45) is 0.0235. The van der Waals surface area contributed by atoms with Crippen LogP contribution in [0.3, 0.4) is 0 Å². The molecule has 1 unspecified atom stereocenters. The standard InChI is InChI=1S/C10H12FNO/c1-6-8-3-2-7(11)4-9(8)10(12)5-13-6/h2-4,6,10H,5,12H2,1H3/t6-,10?/m1/s1. The monoisotopic (exact) mass is 181 g/mol. The summed E-state index contributed by atoms with van der Waals surface area (Å²) in [7, 11) is 0. The van der Waals surface area contributed by atoms with E-state index in [4.69, 9.17) is 10.5 Å². The zero-order valence-corrected chi connectivity index (χ0v) is 7.46. The van der Waals surface area contributed by atoms with Crippen molar-refractivity contribution in [1.82, 2.24) is 0 Å². The smallest absolute Gasteiger partial charge is 0.123 e. The lowest BCUT2D eigenvalue weighted by molar-refractivity contribution is 0.0406. The fourth-order valence-electron chi connectivity index (χ4n) is 1.66. The van der Waals surface area contributed by atoms with E-state index in [0.29, 0.717) is 6.61 Å². The van der Waals surface area contributed by atoms with E-state index >= 15 is 0 Å². The van der Waals surface area contributed by atoms with Crippen molar-refractivity contribution in [2.24, 2.45) is 5.73 Å². The van der Waals surface area contributed by atoms with Gasteiger partial charge in [0.2, 0.25) is 0 Å². The molecule has 0 bridgehead atoms. The third kappa shape index (κ3) is 1.45. The van der Waals surface area contributed by atoms with E-state index in [1.807, 2.05) is 6.92 Å². The Hall–Kier alpha value is -0.930. The van der Waals surface area contributed by atoms with Crippen LogP contribution < -0.4 is 5.73 Å². The Balaban J connectivity index is 2.50. The van der Waals surface area contributed by atoms with E-state index in [1.54, 1.807) is 6.07 Å². The van der Waals surface area contributed by atoms with Crippen molar-refractivity contribution in [3.05, 3.63) is 35.1 Å². The van der Waals surface area contributed by atoms with E-state index in [2.05, 4.69) is 0 Å². The Morgan fingerprint density at radius 3 is 3.00 bits per heavy atom. The molecule has 70 valence electrons. The summed E-state index contributed by atoms with van der Waals surface area (Å²) < 4.78 is 18.3. The third-order valence-electron chi connectivity index (χ3n) is 2.41. The molecule has 1 aliphatic rings. The largest absolute Gasteiger partial charge is 0.372 e. The van der Waals surface area contributed by atoms with Crippen LogP contribution in [0.1, 0.15) is 30.2 Å². The van der Waals surface area contributed by atoms with Gasteiger partial charge >= 0.3 is 0 Å². The second-order valence-electron chi connectivity index (χ2n) is 3.36. The van der Waals surface area contributed by atoms with Gasteiger partial charge in [0.25, 0.3) is 0 Å². The molecule has 0 fully saturated rings. The van der Waals surface area contributed by atoms with Crippen molar-refractivity contribution < 1.29 is 9.13 Å². The van der Waals surface area contributed by atoms with Crippen LogP contribution >= 0.6 is 0 Å². The maximum atomic E-state index is 12.9. The average molecular weight is 181 g/mol. The summed E-state index contributed by atoms with van der Waals surface area (Å²) in [6.45, 7) is 2.42. The lowest BCUT2D eigenvalue weighted by atomic mass is 9.95. The normalized spacial score (nSPS) is 27.0. The Kier molecular flexibility index (Phi) is 2.06. The van der Waals surface area contributed by atoms with Gasteiger partial charge in [-0.1, -0.05) is 6.07 Å². The molecule has 13 heavy (non-hydrogen) atoms. The van der Waals surface area contributed by atoms with Crippen LogP contribution in [0.15, 0.2) is 18.2 Å². The van der Waals surface area contributed by atoms with Gasteiger partial charge in [0.05, 0.1) is 18.8 Å². The lowest BCUT2D eigenvalue weighted by Crippen LogP contribution is -2.25. The van der Waals surface area contributed by atoms with E-state index in [0.717, 1.165) is 11.1 Å². The van der Waals surface area contributed by atoms with Crippen LogP contribution in [0.5, 0.6) is 0 Å². The number of rotatable bonds is 0. The summed E-state index contributed by atoms with van der Waals surface area (Å²) >= 11 is 0. The molecule has 1 aromatic carbocycles. The number of hydrogen-bond donors (Lipinski definition) is 1. The fraction of sp³-hybridized carbons (Fsp3) is 0.400. The van der Waals surface area contributed by atoms with Gasteiger partial charge < -0.3 is 10.5 Å². The molecule has 3 heteroatoms. The molecular formula is C10H12FNO. The van der Waals surface area contributed by atoms with E-state index < -0.39 is 0 Å². The van der Waals surface area contributed by atoms with Crippen molar-refractivity contribution >= 4 is 0 Å². The molecule has 2 atom stereocenters. The zero-order valence-electron chi connectivity index (χ0n) is 7.46. The highest BCUT2D eigenvalue weighted by atomic mass is 19.1. The summed E-state index contributed by atoms with van der Waals surface area (Å²) in [5.74, 6) is -0.233. The molecule has 2 nitrogen and oxygen atoms in total. The number of hydrogen-bond acceptors (Lipinski definition) is 2. The number of benzene rings is 1. The van der Waals surface area contributed by atoms with Gasteiger partial charge in [-0.05, 0) is 30.2 Å². The summed E-state index contributed by atoms with van der Waals surface area (Å²) in [5.41, 5.74) is 7.66. The predicted octanol–water partition coefficient (Wildman–Crippen LogP) is 1.92. The van der Waals surface area contributed by atoms with Crippen molar-refractivity contribution in [3.63, 3.8) is 0 Å². The van der Waals surface area contributed by atoms with E-state index in [9.17, 15) is 4.39 Å². The Bertz CT molecular complexity index is 327. The number of fused-ring (bicyclic) bond motifs is 1. The summed E-state index contributed by atoms with van der Waals surface area (Å²) in [6, 6.07) is 4.49. The van der Waals surface area contributed by atoms with Gasteiger partial charge in [0.1, 0.15) is 5.82 Å². The summed E-state index contributed by atoms with van der Waals surface area (Å²) in [5, 5.41) is 0. The highest BCUT2D eigenvalue weighted by Crippen LogP contribution is 2.31. The number of nitrogens with two attached hydrogens (primary N) is 1. The molecule has 2 rings (SSSR count). The fourth-order valence-corrected chi connectivity index (χ4v) is 1.66. The molecular weight excluding hydrogens is 169 g/mol. The van der Waals surface area contributed by atoms with Crippen molar-refractivity contribution in [2.45, 2.75) is 19.1 Å². The van der Waals surface area contributed by atoms with Crippen LogP contribution in [0.4, 0.5) is 4.39 Å². The van der Waals surface area contributed by atoms with Gasteiger partial charge in [-0.2, -0.15) is 0 Å². The molecule has 1 aliphatic heterocycles. The molecule has 0 radical (unpaired) electrons. The molecule has 0 saturated carbocycles. The van der Waals surface area contributed by atoms with Crippen LogP contribution in [-0.4, -0.2) is 6.61 Å². The average Bonchev–Trinajstić information content (AvgIpc) is 2.12. The number of halogens is 1. The minimum absolute atomic E-state index is 0.0235. The highest BCUT2D eigenvalue weighted by Gasteiger charge is 2.22. The molecule has 0 spiro atoms. The summed E-state index contributed by atoms with van der Waals surface area (Å²) in [4.78, 5) is 0. The molecule has 0 amide bonds. The van der Waals surface area contributed by atoms with Crippen molar-refractivity contribution in [2.75, 3.05) is 6.61 Å². The Morgan fingerprint density at radius 1 is 1.46 bits per heavy atom. The zero-order chi connectivity index (χ0) is 9.42. The second-order valence-corrected chi connectivity index (χ2v) is 3.36. The van der Waals surface area contributed by atoms with Crippen molar-refractivity contribution in [1.29, 1.82) is 0 Å². The number of ether oxygens (including phenoxy) is 1. The third-order valence-corrected chi connectivity index (χ3v) is 2.41. The Labute approximate surface area is 76.5 Å². The quantitative estimate of drug-likeness (QED) is 0.663. The SMILES string of the molecule is C[C@H]1OCC(N)c2cc(F)ccc21. The van der Waals surface area contributed by atoms with Crippen LogP contribution in [-0.2, 0) is 4.74 Å². The molecule has 0 saturated heterocycles. The van der Waals surface area contributed by atoms with E-state index in [1.165, 1.54) is 12.1 Å². The maximum absolute atomic E-state index is 12.9. The van der Waals surface area contributed by atoms with Gasteiger partial charge in [0, 0.05) is 0 Å². The second kappa shape index (κ2) is 3.09. The van der Waals surface area contributed by atoms with Crippen LogP contribution in [0, 0.1) is 5.82 Å². The van der Waals surface area contributed by atoms with Gasteiger partial charge in [-0.25, -0.2) is 4.39 Å². The predicted molar refractivity (Wildman–Crippen MR) is 47.7 cm³/mol. The first-order valence-electron chi connectivity index (χ1n) is 4.35. The maximum Gasteiger partial charge on any atom is 0.123 e. The molecule has 0 aromatic heterocycles. The van der Waals surface area contributed by atoms with Crippen molar-refractivity contribution in [3.8, 4) is 0 Å². The van der Waals surface area contributed by atoms with Gasteiger partial charge in [0.15, 0.2) is 0 Å². The molecule has 2 N–H and O–H groups in total. The first kappa shape index (κ1) is 8.66. The minimum atomic E-state index is -0.233. The first-order valence-corrected chi connectivity index (χ1v) is 4.35. The highest BCUT2D eigenvalue weighted by molar-refractivity contribution is 5.33. The topological polar surface area (TPSA) is 35.2 Å². The molecule has 0 aliphatic carbocycles. The molecule has 1 aromatic rings. The Morgan fingerprint density at radius 2 is 2.23 bits per heavy atom. The van der Waals surface area contributed by atoms with Crippen LogP contribution in [0.2, 0.25) is 0 Å². The van der Waals surface area contributed by atoms with E-state index in [-0.39, 0.29) is 18.0 Å².